The zero-order valence-corrected chi connectivity index (χ0v) is 8.50. The Balaban J connectivity index is 2.30. The zero-order chi connectivity index (χ0) is 9.92. The van der Waals surface area contributed by atoms with Crippen LogP contribution in [0.4, 0.5) is 0 Å². The van der Waals surface area contributed by atoms with Crippen molar-refractivity contribution in [3.8, 4) is 0 Å². The van der Waals surface area contributed by atoms with Crippen LogP contribution < -0.4 is 5.56 Å². The standard InChI is InChI=1S/C11H14N2O/c1-6-7-3-4-11(6,2)10-8(7)5-9(14)12-13-10/h5-7H,3-4H2,1-2H3,(H,12,14). The highest BCUT2D eigenvalue weighted by molar-refractivity contribution is 5.40. The third kappa shape index (κ3) is 0.740. The Morgan fingerprint density at radius 2 is 2.43 bits per heavy atom. The van der Waals surface area contributed by atoms with E-state index in [4.69, 9.17) is 0 Å². The van der Waals surface area contributed by atoms with E-state index < -0.39 is 0 Å². The van der Waals surface area contributed by atoms with Crippen molar-refractivity contribution in [1.82, 2.24) is 10.2 Å². The van der Waals surface area contributed by atoms with Crippen LogP contribution >= 0.6 is 0 Å². The van der Waals surface area contributed by atoms with Gasteiger partial charge in [-0.25, -0.2) is 5.10 Å². The number of hydrogen-bond acceptors (Lipinski definition) is 2. The van der Waals surface area contributed by atoms with E-state index in [0.717, 1.165) is 5.69 Å². The summed E-state index contributed by atoms with van der Waals surface area (Å²) in [6.07, 6.45) is 2.43. The van der Waals surface area contributed by atoms with Crippen molar-refractivity contribution < 1.29 is 0 Å². The molecule has 1 N–H and O–H groups in total. The number of H-pyrrole nitrogens is 1. The lowest BCUT2D eigenvalue weighted by molar-refractivity contribution is 0.375. The summed E-state index contributed by atoms with van der Waals surface area (Å²) in [6, 6.07) is 1.74. The average molecular weight is 190 g/mol. The minimum Gasteiger partial charge on any atom is -0.268 e. The third-order valence-electron chi connectivity index (χ3n) is 4.36. The van der Waals surface area contributed by atoms with Gasteiger partial charge >= 0.3 is 0 Å². The highest BCUT2D eigenvalue weighted by atomic mass is 16.1. The monoisotopic (exact) mass is 190 g/mol. The first-order valence-corrected chi connectivity index (χ1v) is 5.23. The first-order valence-electron chi connectivity index (χ1n) is 5.23. The molecule has 3 unspecified atom stereocenters. The molecule has 74 valence electrons. The molecule has 3 rings (SSSR count). The van der Waals surface area contributed by atoms with Crippen LogP contribution in [0.3, 0.4) is 0 Å². The van der Waals surface area contributed by atoms with Gasteiger partial charge in [0.1, 0.15) is 0 Å². The Kier molecular flexibility index (Phi) is 1.33. The first kappa shape index (κ1) is 8.21. The summed E-state index contributed by atoms with van der Waals surface area (Å²) < 4.78 is 0. The second kappa shape index (κ2) is 2.27. The number of nitrogens with one attached hydrogen (secondary N) is 1. The van der Waals surface area contributed by atoms with E-state index >= 15 is 0 Å². The maximum atomic E-state index is 11.2. The van der Waals surface area contributed by atoms with Crippen LogP contribution in [0, 0.1) is 5.92 Å². The summed E-state index contributed by atoms with van der Waals surface area (Å²) in [6.45, 7) is 4.55. The van der Waals surface area contributed by atoms with Crippen molar-refractivity contribution in [2.75, 3.05) is 0 Å². The van der Waals surface area contributed by atoms with E-state index in [2.05, 4.69) is 24.0 Å². The van der Waals surface area contributed by atoms with Gasteiger partial charge in [0, 0.05) is 11.5 Å². The summed E-state index contributed by atoms with van der Waals surface area (Å²) >= 11 is 0. The molecule has 1 fully saturated rings. The fourth-order valence-corrected chi connectivity index (χ4v) is 3.29. The lowest BCUT2D eigenvalue weighted by atomic mass is 9.81. The molecular formula is C11H14N2O. The molecule has 2 aliphatic rings. The van der Waals surface area contributed by atoms with Crippen molar-refractivity contribution in [3.63, 3.8) is 0 Å². The Bertz CT molecular complexity index is 451. The number of rotatable bonds is 0. The summed E-state index contributed by atoms with van der Waals surface area (Å²) in [5, 5.41) is 6.78. The first-order chi connectivity index (χ1) is 6.63. The Labute approximate surface area is 82.5 Å². The Morgan fingerprint density at radius 3 is 3.21 bits per heavy atom. The molecule has 1 heterocycles. The highest BCUT2D eigenvalue weighted by Gasteiger charge is 2.53. The fourth-order valence-electron chi connectivity index (χ4n) is 3.29. The summed E-state index contributed by atoms with van der Waals surface area (Å²) in [5.41, 5.74) is 2.49. The number of nitrogens with zero attached hydrogens (tertiary/aromatic N) is 1. The molecule has 1 aromatic rings. The maximum absolute atomic E-state index is 11.2. The largest absolute Gasteiger partial charge is 0.268 e. The van der Waals surface area contributed by atoms with Crippen LogP contribution in [0.15, 0.2) is 10.9 Å². The molecule has 0 aliphatic heterocycles. The normalized spacial score (nSPS) is 38.7. The summed E-state index contributed by atoms with van der Waals surface area (Å²) in [5.74, 6) is 1.21. The molecule has 0 saturated heterocycles. The van der Waals surface area contributed by atoms with Crippen molar-refractivity contribution in [3.05, 3.63) is 27.7 Å². The molecule has 3 nitrogen and oxygen atoms in total. The lowest BCUT2D eigenvalue weighted by Crippen LogP contribution is -2.25. The van der Waals surface area contributed by atoms with Crippen LogP contribution in [-0.2, 0) is 5.41 Å². The van der Waals surface area contributed by atoms with Crippen LogP contribution in [0.2, 0.25) is 0 Å². The van der Waals surface area contributed by atoms with E-state index in [-0.39, 0.29) is 11.0 Å². The predicted molar refractivity (Wildman–Crippen MR) is 53.3 cm³/mol. The number of hydrogen-bond donors (Lipinski definition) is 1. The van der Waals surface area contributed by atoms with Crippen LogP contribution in [0.1, 0.15) is 43.9 Å². The van der Waals surface area contributed by atoms with E-state index in [1.165, 1.54) is 18.4 Å². The average Bonchev–Trinajstić information content (AvgIpc) is 2.54. The van der Waals surface area contributed by atoms with E-state index in [1.54, 1.807) is 6.07 Å². The molecule has 0 amide bonds. The maximum Gasteiger partial charge on any atom is 0.264 e. The van der Waals surface area contributed by atoms with Crippen LogP contribution in [0.5, 0.6) is 0 Å². The van der Waals surface area contributed by atoms with E-state index in [9.17, 15) is 4.79 Å². The number of aromatic nitrogens is 2. The van der Waals surface area contributed by atoms with Crippen molar-refractivity contribution >= 4 is 0 Å². The minimum absolute atomic E-state index is 0.0629. The smallest absolute Gasteiger partial charge is 0.264 e. The minimum atomic E-state index is -0.0629. The van der Waals surface area contributed by atoms with Gasteiger partial charge in [-0.15, -0.1) is 0 Å². The summed E-state index contributed by atoms with van der Waals surface area (Å²) in [7, 11) is 0. The van der Waals surface area contributed by atoms with Gasteiger partial charge in [-0.2, -0.15) is 5.10 Å². The lowest BCUT2D eigenvalue weighted by Gasteiger charge is -2.24. The Morgan fingerprint density at radius 1 is 1.64 bits per heavy atom. The van der Waals surface area contributed by atoms with Gasteiger partial charge < -0.3 is 0 Å². The van der Waals surface area contributed by atoms with Gasteiger partial charge in [0.15, 0.2) is 0 Å². The second-order valence-corrected chi connectivity index (χ2v) is 4.89. The second-order valence-electron chi connectivity index (χ2n) is 4.89. The van der Waals surface area contributed by atoms with Gasteiger partial charge in [0.05, 0.1) is 5.69 Å². The number of fused-ring (bicyclic) bond motifs is 5. The predicted octanol–water partition coefficient (Wildman–Crippen LogP) is 1.55. The van der Waals surface area contributed by atoms with E-state index in [0.29, 0.717) is 11.8 Å². The van der Waals surface area contributed by atoms with E-state index in [1.807, 2.05) is 0 Å². The van der Waals surface area contributed by atoms with Crippen molar-refractivity contribution in [2.45, 2.75) is 38.0 Å². The molecular weight excluding hydrogens is 176 g/mol. The molecule has 0 spiro atoms. The van der Waals surface area contributed by atoms with Gasteiger partial charge in [-0.3, -0.25) is 4.79 Å². The third-order valence-corrected chi connectivity index (χ3v) is 4.36. The quantitative estimate of drug-likeness (QED) is 0.674. The van der Waals surface area contributed by atoms with Crippen molar-refractivity contribution in [2.24, 2.45) is 5.92 Å². The highest BCUT2D eigenvalue weighted by Crippen LogP contribution is 2.59. The van der Waals surface area contributed by atoms with Crippen molar-refractivity contribution in [1.29, 1.82) is 0 Å². The fraction of sp³-hybridized carbons (Fsp3) is 0.636. The molecule has 1 aromatic heterocycles. The van der Waals surface area contributed by atoms with Gasteiger partial charge in [0.25, 0.3) is 5.56 Å². The topological polar surface area (TPSA) is 45.8 Å². The number of aromatic amines is 1. The molecule has 3 atom stereocenters. The Hall–Kier alpha value is -1.12. The molecule has 14 heavy (non-hydrogen) atoms. The SMILES string of the molecule is CC1C2CCC1(C)c1n[nH]c(=O)cc12. The molecule has 2 aliphatic carbocycles. The van der Waals surface area contributed by atoms with Crippen LogP contribution in [0.25, 0.3) is 0 Å². The van der Waals surface area contributed by atoms with Gasteiger partial charge in [0.2, 0.25) is 0 Å². The summed E-state index contributed by atoms with van der Waals surface area (Å²) in [4.78, 5) is 11.2. The molecule has 2 bridgehead atoms. The molecule has 3 heteroatoms. The molecule has 1 saturated carbocycles. The molecule has 0 aromatic carbocycles. The van der Waals surface area contributed by atoms with Crippen LogP contribution in [-0.4, -0.2) is 10.2 Å². The van der Waals surface area contributed by atoms with Gasteiger partial charge in [-0.05, 0) is 30.2 Å². The molecule has 0 radical (unpaired) electrons. The van der Waals surface area contributed by atoms with Gasteiger partial charge in [-0.1, -0.05) is 13.8 Å². The zero-order valence-electron chi connectivity index (χ0n) is 8.50.